The zero-order valence-electron chi connectivity index (χ0n) is 11.2. The molecule has 5 nitrogen and oxygen atoms in total. The number of nitrogens with zero attached hydrogens (tertiary/aromatic N) is 2. The van der Waals surface area contributed by atoms with Gasteiger partial charge in [-0.05, 0) is 23.8 Å². The van der Waals surface area contributed by atoms with Crippen LogP contribution in [-0.2, 0) is 6.42 Å². The molecule has 0 saturated carbocycles. The number of rotatable bonds is 2. The van der Waals surface area contributed by atoms with E-state index in [-0.39, 0.29) is 6.79 Å². The molecule has 0 radical (unpaired) electrons. The van der Waals surface area contributed by atoms with Crippen molar-refractivity contribution in [3.8, 4) is 11.5 Å². The summed E-state index contributed by atoms with van der Waals surface area (Å²) in [6.45, 7) is 0.280. The maximum atomic E-state index is 5.80. The van der Waals surface area contributed by atoms with E-state index in [1.165, 1.54) is 0 Å². The van der Waals surface area contributed by atoms with Crippen molar-refractivity contribution < 1.29 is 9.47 Å². The van der Waals surface area contributed by atoms with Gasteiger partial charge in [0, 0.05) is 11.8 Å². The topological polar surface area (TPSA) is 70.3 Å². The highest BCUT2D eigenvalue weighted by Crippen LogP contribution is 2.33. The number of nitrogen functional groups attached to an aromatic ring is 1. The van der Waals surface area contributed by atoms with Gasteiger partial charge in [0.15, 0.2) is 11.5 Å². The zero-order valence-corrected chi connectivity index (χ0v) is 11.2. The molecule has 2 aromatic carbocycles. The molecule has 1 aliphatic rings. The minimum atomic E-state index is 0.280. The number of aromatic nitrogens is 2. The zero-order chi connectivity index (χ0) is 14.2. The average Bonchev–Trinajstić information content (AvgIpc) is 2.94. The van der Waals surface area contributed by atoms with Crippen LogP contribution in [0, 0.1) is 0 Å². The summed E-state index contributed by atoms with van der Waals surface area (Å²) in [4.78, 5) is 8.64. The predicted molar refractivity (Wildman–Crippen MR) is 79.3 cm³/mol. The highest BCUT2D eigenvalue weighted by molar-refractivity contribution is 5.82. The average molecular weight is 279 g/mol. The Bertz CT molecular complexity index is 833. The quantitative estimate of drug-likeness (QED) is 0.780. The maximum Gasteiger partial charge on any atom is 0.231 e. The van der Waals surface area contributed by atoms with Gasteiger partial charge in [-0.3, -0.25) is 0 Å². The van der Waals surface area contributed by atoms with E-state index in [0.29, 0.717) is 12.4 Å². The van der Waals surface area contributed by atoms with Crippen LogP contribution >= 0.6 is 0 Å². The lowest BCUT2D eigenvalue weighted by atomic mass is 10.1. The smallest absolute Gasteiger partial charge is 0.231 e. The molecular weight excluding hydrogens is 266 g/mol. The fourth-order valence-electron chi connectivity index (χ4n) is 2.54. The molecule has 1 aliphatic heterocycles. The molecule has 0 atom stereocenters. The van der Waals surface area contributed by atoms with Gasteiger partial charge in [-0.1, -0.05) is 24.3 Å². The lowest BCUT2D eigenvalue weighted by Gasteiger charge is -2.07. The van der Waals surface area contributed by atoms with E-state index in [9.17, 15) is 0 Å². The summed E-state index contributed by atoms with van der Waals surface area (Å²) >= 11 is 0. The molecule has 0 unspecified atom stereocenters. The van der Waals surface area contributed by atoms with Gasteiger partial charge >= 0.3 is 0 Å². The fraction of sp³-hybridized carbons (Fsp3) is 0.125. The predicted octanol–water partition coefficient (Wildman–Crippen LogP) is 2.53. The molecular formula is C16H13N3O2. The maximum absolute atomic E-state index is 5.80. The third-order valence-corrected chi connectivity index (χ3v) is 3.51. The van der Waals surface area contributed by atoms with Crippen LogP contribution in [0.1, 0.15) is 11.3 Å². The van der Waals surface area contributed by atoms with Gasteiger partial charge in [-0.25, -0.2) is 9.97 Å². The lowest BCUT2D eigenvalue weighted by molar-refractivity contribution is 0.174. The number of hydrogen-bond donors (Lipinski definition) is 1. The van der Waals surface area contributed by atoms with E-state index in [2.05, 4.69) is 9.97 Å². The number of fused-ring (bicyclic) bond motifs is 2. The van der Waals surface area contributed by atoms with E-state index < -0.39 is 0 Å². The van der Waals surface area contributed by atoms with E-state index in [4.69, 9.17) is 15.2 Å². The summed E-state index contributed by atoms with van der Waals surface area (Å²) in [5.74, 6) is 1.86. The third kappa shape index (κ3) is 2.12. The van der Waals surface area contributed by atoms with Crippen molar-refractivity contribution in [2.24, 2.45) is 0 Å². The Morgan fingerprint density at radius 3 is 2.81 bits per heavy atom. The second-order valence-electron chi connectivity index (χ2n) is 4.91. The highest BCUT2D eigenvalue weighted by Gasteiger charge is 2.14. The highest BCUT2D eigenvalue weighted by atomic mass is 16.7. The first kappa shape index (κ1) is 12.0. The van der Waals surface area contributed by atoms with Crippen molar-refractivity contribution in [1.29, 1.82) is 0 Å². The second-order valence-corrected chi connectivity index (χ2v) is 4.91. The molecule has 0 aliphatic carbocycles. The summed E-state index contributed by atoms with van der Waals surface area (Å²) < 4.78 is 10.7. The van der Waals surface area contributed by atoms with Crippen LogP contribution in [0.25, 0.3) is 10.9 Å². The molecule has 4 rings (SSSR count). The number of anilines is 1. The fourth-order valence-corrected chi connectivity index (χ4v) is 2.54. The van der Waals surface area contributed by atoms with Gasteiger partial charge in [0.05, 0.1) is 11.2 Å². The minimum absolute atomic E-state index is 0.280. The van der Waals surface area contributed by atoms with Crippen molar-refractivity contribution in [1.82, 2.24) is 9.97 Å². The van der Waals surface area contributed by atoms with Crippen molar-refractivity contribution in [2.45, 2.75) is 6.42 Å². The van der Waals surface area contributed by atoms with Gasteiger partial charge < -0.3 is 15.2 Å². The SMILES string of the molecule is Nc1nc(Cc2ccc3c(c2)OCO3)c2ccccc2n1. The van der Waals surface area contributed by atoms with Crippen LogP contribution in [0.4, 0.5) is 5.95 Å². The Balaban J connectivity index is 1.77. The van der Waals surface area contributed by atoms with Crippen LogP contribution in [0.5, 0.6) is 11.5 Å². The largest absolute Gasteiger partial charge is 0.454 e. The Morgan fingerprint density at radius 1 is 1.00 bits per heavy atom. The Kier molecular flexibility index (Phi) is 2.64. The number of para-hydroxylation sites is 1. The van der Waals surface area contributed by atoms with Crippen molar-refractivity contribution in [3.05, 3.63) is 53.7 Å². The molecule has 1 aromatic heterocycles. The molecule has 0 saturated heterocycles. The Morgan fingerprint density at radius 2 is 1.86 bits per heavy atom. The third-order valence-electron chi connectivity index (χ3n) is 3.51. The molecule has 3 aromatic rings. The van der Waals surface area contributed by atoms with Gasteiger partial charge in [0.25, 0.3) is 0 Å². The molecule has 2 heterocycles. The summed E-state index contributed by atoms with van der Waals surface area (Å²) in [6, 6.07) is 13.8. The van der Waals surface area contributed by atoms with Gasteiger partial charge in [-0.15, -0.1) is 0 Å². The lowest BCUT2D eigenvalue weighted by Crippen LogP contribution is -2.01. The summed E-state index contributed by atoms with van der Waals surface area (Å²) in [6.07, 6.45) is 0.671. The summed E-state index contributed by atoms with van der Waals surface area (Å²) in [7, 11) is 0. The normalized spacial score (nSPS) is 12.8. The van der Waals surface area contributed by atoms with Crippen LogP contribution in [-0.4, -0.2) is 16.8 Å². The van der Waals surface area contributed by atoms with Crippen molar-refractivity contribution >= 4 is 16.9 Å². The molecule has 0 fully saturated rings. The van der Waals surface area contributed by atoms with Gasteiger partial charge in [-0.2, -0.15) is 0 Å². The van der Waals surface area contributed by atoms with Crippen LogP contribution in [0.2, 0.25) is 0 Å². The molecule has 0 spiro atoms. The van der Waals surface area contributed by atoms with Crippen molar-refractivity contribution in [2.75, 3.05) is 12.5 Å². The van der Waals surface area contributed by atoms with Gasteiger partial charge in [0.2, 0.25) is 12.7 Å². The molecule has 5 heteroatoms. The molecule has 0 amide bonds. The van der Waals surface area contributed by atoms with Crippen LogP contribution in [0.15, 0.2) is 42.5 Å². The second kappa shape index (κ2) is 4.63. The summed E-state index contributed by atoms with van der Waals surface area (Å²) in [5, 5.41) is 1.02. The Labute approximate surface area is 121 Å². The first-order chi connectivity index (χ1) is 10.3. The van der Waals surface area contributed by atoms with Gasteiger partial charge in [0.1, 0.15) is 0 Å². The standard InChI is InChI=1S/C16H13N3O2/c17-16-18-12-4-2-1-3-11(12)13(19-16)7-10-5-6-14-15(8-10)21-9-20-14/h1-6,8H,7,9H2,(H2,17,18,19). The monoisotopic (exact) mass is 279 g/mol. The van der Waals surface area contributed by atoms with Crippen molar-refractivity contribution in [3.63, 3.8) is 0 Å². The molecule has 104 valence electrons. The Hall–Kier alpha value is -2.82. The summed E-state index contributed by atoms with van der Waals surface area (Å²) in [5.41, 5.74) is 8.68. The molecule has 0 bridgehead atoms. The molecule has 21 heavy (non-hydrogen) atoms. The van der Waals surface area contributed by atoms with Crippen LogP contribution in [0.3, 0.4) is 0 Å². The van der Waals surface area contributed by atoms with E-state index >= 15 is 0 Å². The van der Waals surface area contributed by atoms with E-state index in [1.807, 2.05) is 42.5 Å². The molecule has 2 N–H and O–H groups in total. The van der Waals surface area contributed by atoms with E-state index in [1.54, 1.807) is 0 Å². The number of ether oxygens (including phenoxy) is 2. The number of benzene rings is 2. The first-order valence-electron chi connectivity index (χ1n) is 6.69. The number of hydrogen-bond acceptors (Lipinski definition) is 5. The first-order valence-corrected chi connectivity index (χ1v) is 6.69. The minimum Gasteiger partial charge on any atom is -0.454 e. The van der Waals surface area contributed by atoms with E-state index in [0.717, 1.165) is 33.7 Å². The van der Waals surface area contributed by atoms with Crippen LogP contribution < -0.4 is 15.2 Å². The number of nitrogens with two attached hydrogens (primary N) is 1.